The second-order valence-electron chi connectivity index (χ2n) is 6.04. The zero-order valence-electron chi connectivity index (χ0n) is 15.0. The summed E-state index contributed by atoms with van der Waals surface area (Å²) in [5.41, 5.74) is 2.35. The SMILES string of the molecule is COc1cccc2sc(N(Cc3cccnc3)C(=O)c3ccccc3I)nc12. The molecular weight excluding hydrogens is 485 g/mol. The number of pyridine rings is 1. The maximum Gasteiger partial charge on any atom is 0.261 e. The Bertz CT molecular complexity index is 1130. The van der Waals surface area contributed by atoms with Crippen LogP contribution in [0.5, 0.6) is 5.75 Å². The number of hydrogen-bond acceptors (Lipinski definition) is 5. The van der Waals surface area contributed by atoms with E-state index in [1.807, 2.05) is 54.6 Å². The largest absolute Gasteiger partial charge is 0.494 e. The van der Waals surface area contributed by atoms with Gasteiger partial charge in [0, 0.05) is 16.0 Å². The van der Waals surface area contributed by atoms with E-state index in [2.05, 4.69) is 27.6 Å². The topological polar surface area (TPSA) is 55.3 Å². The average molecular weight is 501 g/mol. The van der Waals surface area contributed by atoms with Gasteiger partial charge in [0.2, 0.25) is 0 Å². The molecule has 1 amide bonds. The fourth-order valence-corrected chi connectivity index (χ4v) is 4.47. The van der Waals surface area contributed by atoms with Crippen molar-refractivity contribution in [3.05, 3.63) is 81.7 Å². The van der Waals surface area contributed by atoms with Crippen molar-refractivity contribution in [3.63, 3.8) is 0 Å². The fourth-order valence-electron chi connectivity index (χ4n) is 2.87. The first-order valence-electron chi connectivity index (χ1n) is 8.56. The van der Waals surface area contributed by atoms with E-state index >= 15 is 0 Å². The molecule has 0 unspecified atom stereocenters. The van der Waals surface area contributed by atoms with Gasteiger partial charge in [-0.1, -0.05) is 35.6 Å². The van der Waals surface area contributed by atoms with Gasteiger partial charge in [0.15, 0.2) is 5.13 Å². The van der Waals surface area contributed by atoms with Crippen LogP contribution in [-0.4, -0.2) is 23.0 Å². The van der Waals surface area contributed by atoms with Gasteiger partial charge in [-0.25, -0.2) is 4.98 Å². The highest BCUT2D eigenvalue weighted by atomic mass is 127. The van der Waals surface area contributed by atoms with Crippen LogP contribution in [0.1, 0.15) is 15.9 Å². The molecule has 0 saturated carbocycles. The molecule has 0 N–H and O–H groups in total. The Labute approximate surface area is 180 Å². The van der Waals surface area contributed by atoms with E-state index in [0.29, 0.717) is 23.0 Å². The lowest BCUT2D eigenvalue weighted by Gasteiger charge is -2.20. The maximum absolute atomic E-state index is 13.4. The van der Waals surface area contributed by atoms with Gasteiger partial charge in [0.1, 0.15) is 11.3 Å². The van der Waals surface area contributed by atoms with E-state index in [9.17, 15) is 4.79 Å². The zero-order chi connectivity index (χ0) is 19.5. The number of aromatic nitrogens is 2. The molecule has 140 valence electrons. The van der Waals surface area contributed by atoms with Crippen LogP contribution in [0.25, 0.3) is 10.2 Å². The summed E-state index contributed by atoms with van der Waals surface area (Å²) in [6, 6.07) is 17.2. The molecule has 0 aliphatic carbocycles. The zero-order valence-corrected chi connectivity index (χ0v) is 18.0. The van der Waals surface area contributed by atoms with Crippen molar-refractivity contribution < 1.29 is 9.53 Å². The second-order valence-corrected chi connectivity index (χ2v) is 8.21. The number of anilines is 1. The monoisotopic (exact) mass is 501 g/mol. The molecule has 2 aromatic carbocycles. The summed E-state index contributed by atoms with van der Waals surface area (Å²) < 4.78 is 7.31. The van der Waals surface area contributed by atoms with E-state index in [0.717, 1.165) is 19.4 Å². The van der Waals surface area contributed by atoms with Gasteiger partial charge in [0.05, 0.1) is 23.9 Å². The van der Waals surface area contributed by atoms with Crippen LogP contribution in [0.15, 0.2) is 67.0 Å². The highest BCUT2D eigenvalue weighted by Crippen LogP contribution is 2.35. The number of carbonyl (C=O) groups is 1. The standard InChI is InChI=1S/C21H16IN3O2S/c1-27-17-9-4-10-18-19(17)24-21(28-18)25(13-14-6-5-11-23-12-14)20(26)15-7-2-3-8-16(15)22/h2-12H,13H2,1H3. The quantitative estimate of drug-likeness (QED) is 0.355. The number of thiazole rings is 1. The van der Waals surface area contributed by atoms with Crippen molar-refractivity contribution in [2.24, 2.45) is 0 Å². The first kappa shape index (κ1) is 18.8. The Morgan fingerprint density at radius 2 is 2.00 bits per heavy atom. The molecule has 0 fully saturated rings. The van der Waals surface area contributed by atoms with Crippen LogP contribution >= 0.6 is 33.9 Å². The van der Waals surface area contributed by atoms with Gasteiger partial charge in [-0.2, -0.15) is 0 Å². The molecule has 0 aliphatic rings. The van der Waals surface area contributed by atoms with Crippen molar-refractivity contribution in [3.8, 4) is 5.75 Å². The Morgan fingerprint density at radius 3 is 2.75 bits per heavy atom. The molecule has 0 bridgehead atoms. The first-order chi connectivity index (χ1) is 13.7. The van der Waals surface area contributed by atoms with Gasteiger partial charge in [-0.15, -0.1) is 0 Å². The molecular formula is C21H16IN3O2S. The number of amides is 1. The normalized spacial score (nSPS) is 10.8. The van der Waals surface area contributed by atoms with Crippen LogP contribution in [0.3, 0.4) is 0 Å². The lowest BCUT2D eigenvalue weighted by molar-refractivity contribution is 0.0984. The van der Waals surface area contributed by atoms with E-state index in [-0.39, 0.29) is 5.91 Å². The molecule has 0 saturated heterocycles. The van der Waals surface area contributed by atoms with Crippen molar-refractivity contribution in [1.29, 1.82) is 0 Å². The molecule has 2 heterocycles. The lowest BCUT2D eigenvalue weighted by atomic mass is 10.2. The molecule has 0 atom stereocenters. The van der Waals surface area contributed by atoms with Crippen molar-refractivity contribution in [2.75, 3.05) is 12.0 Å². The van der Waals surface area contributed by atoms with Gasteiger partial charge in [-0.05, 0) is 58.5 Å². The summed E-state index contributed by atoms with van der Waals surface area (Å²) in [7, 11) is 1.62. The Hall–Kier alpha value is -2.52. The van der Waals surface area contributed by atoms with Crippen molar-refractivity contribution >= 4 is 55.2 Å². The molecule has 28 heavy (non-hydrogen) atoms. The summed E-state index contributed by atoms with van der Waals surface area (Å²) in [6.07, 6.45) is 3.49. The fraction of sp³-hybridized carbons (Fsp3) is 0.0952. The summed E-state index contributed by atoms with van der Waals surface area (Å²) in [5, 5.41) is 0.632. The van der Waals surface area contributed by atoms with Gasteiger partial charge < -0.3 is 4.74 Å². The molecule has 7 heteroatoms. The average Bonchev–Trinajstić information content (AvgIpc) is 3.16. The van der Waals surface area contributed by atoms with Crippen molar-refractivity contribution in [2.45, 2.75) is 6.54 Å². The number of nitrogens with zero attached hydrogens (tertiary/aromatic N) is 3. The van der Waals surface area contributed by atoms with Crippen molar-refractivity contribution in [1.82, 2.24) is 9.97 Å². The number of hydrogen-bond donors (Lipinski definition) is 0. The number of methoxy groups -OCH3 is 1. The minimum absolute atomic E-state index is 0.0909. The van der Waals surface area contributed by atoms with Crippen LogP contribution < -0.4 is 9.64 Å². The number of rotatable bonds is 5. The smallest absolute Gasteiger partial charge is 0.261 e. The van der Waals surface area contributed by atoms with E-state index in [1.165, 1.54) is 11.3 Å². The lowest BCUT2D eigenvalue weighted by Crippen LogP contribution is -2.31. The minimum Gasteiger partial charge on any atom is -0.494 e. The predicted octanol–water partition coefficient (Wildman–Crippen LogP) is 5.15. The van der Waals surface area contributed by atoms with Crippen LogP contribution in [0.2, 0.25) is 0 Å². The number of benzene rings is 2. The predicted molar refractivity (Wildman–Crippen MR) is 120 cm³/mol. The molecule has 0 aliphatic heterocycles. The van der Waals surface area contributed by atoms with E-state index < -0.39 is 0 Å². The number of fused-ring (bicyclic) bond motifs is 1. The second kappa shape index (κ2) is 8.24. The maximum atomic E-state index is 13.4. The third-order valence-corrected chi connectivity index (χ3v) is 6.22. The molecule has 2 aromatic heterocycles. The highest BCUT2D eigenvalue weighted by Gasteiger charge is 2.24. The minimum atomic E-state index is -0.0909. The first-order valence-corrected chi connectivity index (χ1v) is 10.5. The Morgan fingerprint density at radius 1 is 1.14 bits per heavy atom. The summed E-state index contributed by atoms with van der Waals surface area (Å²) in [4.78, 5) is 24.1. The Kier molecular flexibility index (Phi) is 5.54. The third kappa shape index (κ3) is 3.72. The van der Waals surface area contributed by atoms with Crippen LogP contribution in [-0.2, 0) is 6.54 Å². The van der Waals surface area contributed by atoms with E-state index in [4.69, 9.17) is 9.72 Å². The number of carbonyl (C=O) groups excluding carboxylic acids is 1. The third-order valence-electron chi connectivity index (χ3n) is 4.23. The molecule has 4 aromatic rings. The highest BCUT2D eigenvalue weighted by molar-refractivity contribution is 14.1. The Balaban J connectivity index is 1.81. The summed E-state index contributed by atoms with van der Waals surface area (Å²) >= 11 is 3.66. The summed E-state index contributed by atoms with van der Waals surface area (Å²) in [6.45, 7) is 0.389. The number of para-hydroxylation sites is 1. The number of halogens is 1. The molecule has 4 rings (SSSR count). The molecule has 0 spiro atoms. The van der Waals surface area contributed by atoms with Crippen LogP contribution in [0, 0.1) is 3.57 Å². The molecule has 0 radical (unpaired) electrons. The van der Waals surface area contributed by atoms with E-state index in [1.54, 1.807) is 24.4 Å². The number of ether oxygens (including phenoxy) is 1. The van der Waals surface area contributed by atoms with Gasteiger partial charge >= 0.3 is 0 Å². The van der Waals surface area contributed by atoms with Gasteiger partial charge in [0.25, 0.3) is 5.91 Å². The molecule has 5 nitrogen and oxygen atoms in total. The summed E-state index contributed by atoms with van der Waals surface area (Å²) in [5.74, 6) is 0.606. The van der Waals surface area contributed by atoms with Crippen LogP contribution in [0.4, 0.5) is 5.13 Å². The van der Waals surface area contributed by atoms with Gasteiger partial charge in [-0.3, -0.25) is 14.7 Å².